The van der Waals surface area contributed by atoms with Gasteiger partial charge in [-0.25, -0.2) is 4.79 Å². The Morgan fingerprint density at radius 1 is 1.15 bits per heavy atom. The Morgan fingerprint density at radius 2 is 1.81 bits per heavy atom. The fourth-order valence-corrected chi connectivity index (χ4v) is 4.00. The molecule has 0 saturated carbocycles. The number of benzene rings is 1. The molecule has 2 aliphatic rings. The Labute approximate surface area is 159 Å². The maximum Gasteiger partial charge on any atom is 0.327 e. The van der Waals surface area contributed by atoms with Crippen LogP contribution in [0.15, 0.2) is 30.3 Å². The van der Waals surface area contributed by atoms with Crippen LogP contribution in [0.5, 0.6) is 0 Å². The van der Waals surface area contributed by atoms with Crippen LogP contribution >= 0.6 is 0 Å². The van der Waals surface area contributed by atoms with Crippen LogP contribution in [0.25, 0.3) is 0 Å². The highest BCUT2D eigenvalue weighted by molar-refractivity contribution is 6.07. The summed E-state index contributed by atoms with van der Waals surface area (Å²) in [5.74, 6) is -0.0969. The van der Waals surface area contributed by atoms with Crippen LogP contribution in [0.3, 0.4) is 0 Å². The van der Waals surface area contributed by atoms with Gasteiger partial charge in [-0.3, -0.25) is 14.5 Å². The summed E-state index contributed by atoms with van der Waals surface area (Å²) < 4.78 is 4.98. The number of likely N-dealkylation sites (N-methyl/N-ethyl adjacent to an activating group) is 1. The number of hydrogen-bond donors (Lipinski definition) is 0. The van der Waals surface area contributed by atoms with Crippen LogP contribution in [0.2, 0.25) is 0 Å². The Hall–Kier alpha value is -2.41. The normalized spacial score (nSPS) is 19.3. The van der Waals surface area contributed by atoms with Gasteiger partial charge in [-0.2, -0.15) is 0 Å². The standard InChI is InChI=1S/C20H27N3O4/c1-3-22-18(25)20(10-12-21(13-11-20)17(24)9-14-27-2)23(19(22)26)15-16-7-5-4-6-8-16/h4-8H,3,9-15H2,1-2H3. The van der Waals surface area contributed by atoms with E-state index in [-0.39, 0.29) is 17.8 Å². The van der Waals surface area contributed by atoms with Gasteiger partial charge < -0.3 is 14.5 Å². The fraction of sp³-hybridized carbons (Fsp3) is 0.550. The molecule has 1 aromatic rings. The summed E-state index contributed by atoms with van der Waals surface area (Å²) >= 11 is 0. The highest BCUT2D eigenvalue weighted by atomic mass is 16.5. The monoisotopic (exact) mass is 373 g/mol. The molecule has 7 heteroatoms. The van der Waals surface area contributed by atoms with Gasteiger partial charge >= 0.3 is 6.03 Å². The summed E-state index contributed by atoms with van der Waals surface area (Å²) in [5, 5.41) is 0. The molecule has 3 rings (SSSR count). The van der Waals surface area contributed by atoms with Gasteiger partial charge in [0.2, 0.25) is 5.91 Å². The first-order chi connectivity index (χ1) is 13.0. The van der Waals surface area contributed by atoms with E-state index < -0.39 is 5.54 Å². The Kier molecular flexibility index (Phi) is 5.79. The first kappa shape index (κ1) is 19.4. The number of urea groups is 1. The second kappa shape index (κ2) is 8.08. The average molecular weight is 373 g/mol. The van der Waals surface area contributed by atoms with Gasteiger partial charge in [0, 0.05) is 33.3 Å². The number of hydrogen-bond acceptors (Lipinski definition) is 4. The number of piperidine rings is 1. The molecular formula is C20H27N3O4. The van der Waals surface area contributed by atoms with Crippen molar-refractivity contribution in [1.29, 1.82) is 0 Å². The molecule has 0 atom stereocenters. The summed E-state index contributed by atoms with van der Waals surface area (Å²) in [6.45, 7) is 3.93. The van der Waals surface area contributed by atoms with Crippen molar-refractivity contribution in [2.24, 2.45) is 0 Å². The van der Waals surface area contributed by atoms with Gasteiger partial charge in [-0.15, -0.1) is 0 Å². The van der Waals surface area contributed by atoms with E-state index in [1.54, 1.807) is 16.9 Å². The second-order valence-electron chi connectivity index (χ2n) is 7.06. The average Bonchev–Trinajstić information content (AvgIpc) is 2.88. The number of likely N-dealkylation sites (tertiary alicyclic amines) is 1. The number of rotatable bonds is 6. The predicted molar refractivity (Wildman–Crippen MR) is 99.8 cm³/mol. The number of methoxy groups -OCH3 is 1. The molecular weight excluding hydrogens is 346 g/mol. The lowest BCUT2D eigenvalue weighted by molar-refractivity contribution is -0.141. The molecule has 0 aromatic heterocycles. The van der Waals surface area contributed by atoms with E-state index in [1.165, 1.54) is 4.90 Å². The minimum absolute atomic E-state index is 0.0328. The van der Waals surface area contributed by atoms with Gasteiger partial charge in [-0.1, -0.05) is 30.3 Å². The number of imide groups is 1. The molecule has 0 N–H and O–H groups in total. The van der Waals surface area contributed by atoms with Crippen molar-refractivity contribution in [2.45, 2.75) is 38.3 Å². The van der Waals surface area contributed by atoms with Gasteiger partial charge in [0.25, 0.3) is 5.91 Å². The SMILES string of the molecule is CCN1C(=O)N(Cc2ccccc2)C2(CCN(C(=O)CCOC)CC2)C1=O. The molecule has 1 spiro atoms. The number of ether oxygens (including phenoxy) is 1. The molecule has 2 aliphatic heterocycles. The molecule has 0 aliphatic carbocycles. The van der Waals surface area contributed by atoms with Crippen molar-refractivity contribution in [3.8, 4) is 0 Å². The van der Waals surface area contributed by atoms with Gasteiger partial charge in [0.05, 0.1) is 13.0 Å². The molecule has 27 heavy (non-hydrogen) atoms. The molecule has 0 bridgehead atoms. The zero-order valence-electron chi connectivity index (χ0n) is 16.0. The Morgan fingerprint density at radius 3 is 2.41 bits per heavy atom. The van der Waals surface area contributed by atoms with Gasteiger partial charge in [-0.05, 0) is 25.3 Å². The van der Waals surface area contributed by atoms with Crippen LogP contribution in [0.1, 0.15) is 31.7 Å². The van der Waals surface area contributed by atoms with E-state index in [0.29, 0.717) is 52.0 Å². The largest absolute Gasteiger partial charge is 0.384 e. The van der Waals surface area contributed by atoms with Crippen LogP contribution in [0.4, 0.5) is 4.79 Å². The van der Waals surface area contributed by atoms with E-state index in [4.69, 9.17) is 4.74 Å². The summed E-state index contributed by atoms with van der Waals surface area (Å²) in [5.41, 5.74) is 0.149. The Balaban J connectivity index is 1.79. The molecule has 2 heterocycles. The fourth-order valence-electron chi connectivity index (χ4n) is 4.00. The molecule has 146 valence electrons. The topological polar surface area (TPSA) is 70.2 Å². The third-order valence-corrected chi connectivity index (χ3v) is 5.58. The van der Waals surface area contributed by atoms with Crippen molar-refractivity contribution in [2.75, 3.05) is 33.4 Å². The first-order valence-electron chi connectivity index (χ1n) is 9.47. The van der Waals surface area contributed by atoms with Crippen LogP contribution in [0, 0.1) is 0 Å². The van der Waals surface area contributed by atoms with Crippen molar-refractivity contribution in [3.63, 3.8) is 0 Å². The molecule has 4 amide bonds. The van der Waals surface area contributed by atoms with E-state index in [0.717, 1.165) is 5.56 Å². The summed E-state index contributed by atoms with van der Waals surface area (Å²) in [6, 6.07) is 9.48. The highest BCUT2D eigenvalue weighted by Crippen LogP contribution is 2.38. The van der Waals surface area contributed by atoms with Crippen LogP contribution < -0.4 is 0 Å². The van der Waals surface area contributed by atoms with Crippen molar-refractivity contribution in [3.05, 3.63) is 35.9 Å². The quantitative estimate of drug-likeness (QED) is 0.714. The second-order valence-corrected chi connectivity index (χ2v) is 7.06. The van der Waals surface area contributed by atoms with Crippen LogP contribution in [-0.4, -0.2) is 71.4 Å². The summed E-state index contributed by atoms with van der Waals surface area (Å²) in [6.07, 6.45) is 1.28. The van der Waals surface area contributed by atoms with E-state index in [2.05, 4.69) is 0 Å². The minimum Gasteiger partial charge on any atom is -0.384 e. The molecule has 0 unspecified atom stereocenters. The molecule has 2 saturated heterocycles. The summed E-state index contributed by atoms with van der Waals surface area (Å²) in [7, 11) is 1.57. The lowest BCUT2D eigenvalue weighted by atomic mass is 9.85. The Bertz CT molecular complexity index is 698. The third kappa shape index (κ3) is 3.56. The maximum absolute atomic E-state index is 13.1. The molecule has 0 radical (unpaired) electrons. The number of amides is 4. The predicted octanol–water partition coefficient (Wildman–Crippen LogP) is 1.87. The van der Waals surface area contributed by atoms with Crippen molar-refractivity contribution in [1.82, 2.24) is 14.7 Å². The summed E-state index contributed by atoms with van der Waals surface area (Å²) in [4.78, 5) is 43.1. The van der Waals surface area contributed by atoms with Gasteiger partial charge in [0.15, 0.2) is 0 Å². The van der Waals surface area contributed by atoms with E-state index in [1.807, 2.05) is 37.3 Å². The van der Waals surface area contributed by atoms with E-state index >= 15 is 0 Å². The van der Waals surface area contributed by atoms with Crippen molar-refractivity contribution < 1.29 is 19.1 Å². The lowest BCUT2D eigenvalue weighted by Crippen LogP contribution is -2.57. The first-order valence-corrected chi connectivity index (χ1v) is 9.47. The van der Waals surface area contributed by atoms with E-state index in [9.17, 15) is 14.4 Å². The zero-order chi connectivity index (χ0) is 19.4. The zero-order valence-corrected chi connectivity index (χ0v) is 16.0. The molecule has 1 aromatic carbocycles. The highest BCUT2D eigenvalue weighted by Gasteiger charge is 2.57. The third-order valence-electron chi connectivity index (χ3n) is 5.58. The van der Waals surface area contributed by atoms with Crippen LogP contribution in [-0.2, 0) is 20.9 Å². The molecule has 7 nitrogen and oxygen atoms in total. The number of carbonyl (C=O) groups is 3. The lowest BCUT2D eigenvalue weighted by Gasteiger charge is -2.42. The number of nitrogens with zero attached hydrogens (tertiary/aromatic N) is 3. The maximum atomic E-state index is 13.1. The smallest absolute Gasteiger partial charge is 0.327 e. The van der Waals surface area contributed by atoms with Gasteiger partial charge in [0.1, 0.15) is 5.54 Å². The molecule has 2 fully saturated rings. The van der Waals surface area contributed by atoms with Crippen molar-refractivity contribution >= 4 is 17.8 Å². The number of carbonyl (C=O) groups excluding carboxylic acids is 3. The minimum atomic E-state index is -0.846.